The van der Waals surface area contributed by atoms with Crippen LogP contribution in [0.3, 0.4) is 0 Å². The van der Waals surface area contributed by atoms with Gasteiger partial charge in [0, 0.05) is 16.6 Å². The van der Waals surface area contributed by atoms with Gasteiger partial charge in [-0.05, 0) is 49.1 Å². The molecule has 5 aromatic rings. The number of benzene rings is 4. The van der Waals surface area contributed by atoms with E-state index >= 15 is 0 Å². The number of rotatable bonds is 4. The Labute approximate surface area is 186 Å². The topological polar surface area (TPSA) is 59.8 Å². The van der Waals surface area contributed by atoms with Crippen LogP contribution in [0.5, 0.6) is 0 Å². The Morgan fingerprint density at radius 1 is 0.812 bits per heavy atom. The van der Waals surface area contributed by atoms with Gasteiger partial charge >= 0.3 is 0 Å². The Balaban J connectivity index is 1.58. The number of nitrogens with zero attached hydrogens (tertiary/aromatic N) is 3. The van der Waals surface area contributed by atoms with Gasteiger partial charge in [0.2, 0.25) is 5.82 Å². The maximum absolute atomic E-state index is 13.2. The fourth-order valence-electron chi connectivity index (χ4n) is 3.83. The normalized spacial score (nSPS) is 10.9. The van der Waals surface area contributed by atoms with Crippen LogP contribution >= 0.6 is 0 Å². The van der Waals surface area contributed by atoms with Crippen LogP contribution in [0.15, 0.2) is 91.0 Å². The Hall–Kier alpha value is -4.25. The minimum Gasteiger partial charge on any atom is -0.319 e. The Kier molecular flexibility index (Phi) is 5.00. The number of anilines is 1. The summed E-state index contributed by atoms with van der Waals surface area (Å²) in [5.41, 5.74) is 4.72. The minimum atomic E-state index is -0.346. The van der Waals surface area contributed by atoms with Crippen LogP contribution in [-0.2, 0) is 0 Å². The highest BCUT2D eigenvalue weighted by Crippen LogP contribution is 2.25. The van der Waals surface area contributed by atoms with Gasteiger partial charge in [-0.1, -0.05) is 72.3 Å². The summed E-state index contributed by atoms with van der Waals surface area (Å²) in [6, 6.07) is 29.8. The largest absolute Gasteiger partial charge is 0.319 e. The number of hydrogen-bond acceptors (Lipinski definition) is 3. The molecule has 1 heterocycles. The smallest absolute Gasteiger partial charge is 0.295 e. The molecule has 4 aromatic carbocycles. The van der Waals surface area contributed by atoms with E-state index in [4.69, 9.17) is 0 Å². The molecule has 32 heavy (non-hydrogen) atoms. The summed E-state index contributed by atoms with van der Waals surface area (Å²) >= 11 is 0. The van der Waals surface area contributed by atoms with Crippen molar-refractivity contribution in [2.45, 2.75) is 13.8 Å². The molecule has 5 nitrogen and oxygen atoms in total. The highest BCUT2D eigenvalue weighted by atomic mass is 16.2. The van der Waals surface area contributed by atoms with Crippen molar-refractivity contribution >= 4 is 22.4 Å². The second-order valence-corrected chi connectivity index (χ2v) is 7.86. The van der Waals surface area contributed by atoms with Crippen molar-refractivity contribution in [3.8, 4) is 17.1 Å². The molecule has 5 rings (SSSR count). The first-order valence-corrected chi connectivity index (χ1v) is 10.5. The van der Waals surface area contributed by atoms with Crippen LogP contribution in [0.1, 0.15) is 21.7 Å². The first kappa shape index (κ1) is 19.7. The maximum atomic E-state index is 13.2. The van der Waals surface area contributed by atoms with E-state index in [0.29, 0.717) is 5.82 Å². The number of fused-ring (bicyclic) bond motifs is 1. The van der Waals surface area contributed by atoms with Gasteiger partial charge in [0.1, 0.15) is 0 Å². The first-order valence-electron chi connectivity index (χ1n) is 10.5. The van der Waals surface area contributed by atoms with Crippen LogP contribution in [0.4, 0.5) is 5.69 Å². The number of carbonyl (C=O) groups is 1. The number of amides is 1. The van der Waals surface area contributed by atoms with E-state index in [1.165, 1.54) is 0 Å². The van der Waals surface area contributed by atoms with Crippen molar-refractivity contribution in [1.29, 1.82) is 0 Å². The fraction of sp³-hybridized carbons (Fsp3) is 0.0741. The first-order chi connectivity index (χ1) is 15.6. The van der Waals surface area contributed by atoms with E-state index in [1.807, 2.05) is 105 Å². The van der Waals surface area contributed by atoms with Crippen LogP contribution in [-0.4, -0.2) is 20.7 Å². The predicted molar refractivity (Wildman–Crippen MR) is 128 cm³/mol. The summed E-state index contributed by atoms with van der Waals surface area (Å²) < 4.78 is 1.74. The molecular formula is C27H22N4O. The van der Waals surface area contributed by atoms with Gasteiger partial charge in [0.15, 0.2) is 5.82 Å². The molecule has 0 radical (unpaired) electrons. The molecule has 0 atom stereocenters. The molecule has 0 aliphatic rings. The van der Waals surface area contributed by atoms with Gasteiger partial charge in [-0.25, -0.2) is 9.67 Å². The van der Waals surface area contributed by atoms with Crippen molar-refractivity contribution in [1.82, 2.24) is 14.8 Å². The molecular weight excluding hydrogens is 396 g/mol. The Morgan fingerprint density at radius 3 is 2.34 bits per heavy atom. The highest BCUT2D eigenvalue weighted by molar-refractivity contribution is 6.07. The zero-order valence-corrected chi connectivity index (χ0v) is 17.9. The van der Waals surface area contributed by atoms with E-state index < -0.39 is 0 Å². The number of carbonyl (C=O) groups excluding carboxylic acids is 1. The van der Waals surface area contributed by atoms with Gasteiger partial charge in [0.25, 0.3) is 5.91 Å². The van der Waals surface area contributed by atoms with Crippen molar-refractivity contribution in [2.75, 3.05) is 5.32 Å². The Morgan fingerprint density at radius 2 is 1.53 bits per heavy atom. The third kappa shape index (κ3) is 3.76. The van der Waals surface area contributed by atoms with Crippen molar-refractivity contribution in [3.63, 3.8) is 0 Å². The monoisotopic (exact) mass is 418 g/mol. The number of hydrogen-bond donors (Lipinski definition) is 1. The lowest BCUT2D eigenvalue weighted by Gasteiger charge is -2.07. The molecule has 1 N–H and O–H groups in total. The third-order valence-electron chi connectivity index (χ3n) is 5.37. The molecule has 0 spiro atoms. The molecule has 156 valence electrons. The average Bonchev–Trinajstić information content (AvgIpc) is 3.25. The molecule has 0 fully saturated rings. The number of nitrogens with one attached hydrogen (secondary N) is 1. The van der Waals surface area contributed by atoms with Crippen molar-refractivity contribution < 1.29 is 4.79 Å². The third-order valence-corrected chi connectivity index (χ3v) is 5.37. The van der Waals surface area contributed by atoms with Crippen LogP contribution in [0.2, 0.25) is 0 Å². The van der Waals surface area contributed by atoms with Crippen molar-refractivity contribution in [3.05, 3.63) is 108 Å². The number of aromatic nitrogens is 3. The van der Waals surface area contributed by atoms with Gasteiger partial charge < -0.3 is 5.32 Å². The minimum absolute atomic E-state index is 0.121. The summed E-state index contributed by atoms with van der Waals surface area (Å²) in [7, 11) is 0. The van der Waals surface area contributed by atoms with Gasteiger partial charge in [-0.2, -0.15) is 0 Å². The van der Waals surface area contributed by atoms with E-state index in [2.05, 4.69) is 15.4 Å². The standard InChI is InChI=1S/C27H22N4O/c1-18-8-5-12-21(16-18)26-29-25(30-31(26)22-13-6-9-19(2)17-22)27(32)28-24-15-7-11-20-10-3-4-14-23(20)24/h3-17H,1-2H3,(H,28,32). The van der Waals surface area contributed by atoms with E-state index in [1.54, 1.807) is 4.68 Å². The fourth-order valence-corrected chi connectivity index (χ4v) is 3.83. The average molecular weight is 419 g/mol. The lowest BCUT2D eigenvalue weighted by molar-refractivity contribution is 0.101. The lowest BCUT2D eigenvalue weighted by atomic mass is 10.1. The lowest BCUT2D eigenvalue weighted by Crippen LogP contribution is -2.14. The second-order valence-electron chi connectivity index (χ2n) is 7.86. The molecule has 0 bridgehead atoms. The zero-order chi connectivity index (χ0) is 22.1. The molecule has 0 saturated heterocycles. The quantitative estimate of drug-likeness (QED) is 0.392. The van der Waals surface area contributed by atoms with Crippen LogP contribution < -0.4 is 5.32 Å². The second kappa shape index (κ2) is 8.12. The van der Waals surface area contributed by atoms with Gasteiger partial charge in [0.05, 0.1) is 5.69 Å². The molecule has 0 aliphatic carbocycles. The molecule has 1 aromatic heterocycles. The number of aryl methyl sites for hydroxylation is 2. The van der Waals surface area contributed by atoms with E-state index in [0.717, 1.165) is 38.8 Å². The summed E-state index contributed by atoms with van der Waals surface area (Å²) in [6.45, 7) is 4.06. The predicted octanol–water partition coefficient (Wildman–Crippen LogP) is 5.96. The summed E-state index contributed by atoms with van der Waals surface area (Å²) in [5.74, 6) is 0.403. The maximum Gasteiger partial charge on any atom is 0.295 e. The SMILES string of the molecule is Cc1cccc(-c2nc(C(=O)Nc3cccc4ccccc34)nn2-c2cccc(C)c2)c1. The van der Waals surface area contributed by atoms with Crippen molar-refractivity contribution in [2.24, 2.45) is 0 Å². The zero-order valence-electron chi connectivity index (χ0n) is 17.9. The Bertz CT molecular complexity index is 1380. The molecule has 0 aliphatic heterocycles. The summed E-state index contributed by atoms with van der Waals surface area (Å²) in [6.07, 6.45) is 0. The van der Waals surface area contributed by atoms with Crippen LogP contribution in [0.25, 0.3) is 27.8 Å². The van der Waals surface area contributed by atoms with E-state index in [9.17, 15) is 4.79 Å². The van der Waals surface area contributed by atoms with Gasteiger partial charge in [-0.3, -0.25) is 4.79 Å². The highest BCUT2D eigenvalue weighted by Gasteiger charge is 2.19. The van der Waals surface area contributed by atoms with E-state index in [-0.39, 0.29) is 11.7 Å². The summed E-state index contributed by atoms with van der Waals surface area (Å²) in [5, 5.41) is 9.62. The van der Waals surface area contributed by atoms with Crippen LogP contribution in [0, 0.1) is 13.8 Å². The molecule has 5 heteroatoms. The molecule has 1 amide bonds. The van der Waals surface area contributed by atoms with Gasteiger partial charge in [-0.15, -0.1) is 5.10 Å². The molecule has 0 unspecified atom stereocenters. The summed E-state index contributed by atoms with van der Waals surface area (Å²) in [4.78, 5) is 17.8. The molecule has 0 saturated carbocycles.